The van der Waals surface area contributed by atoms with Gasteiger partial charge in [-0.25, -0.2) is 4.79 Å². The van der Waals surface area contributed by atoms with E-state index in [0.29, 0.717) is 6.07 Å². The first kappa shape index (κ1) is 16.6. The number of halogens is 3. The van der Waals surface area contributed by atoms with Gasteiger partial charge >= 0.3 is 12.3 Å². The van der Waals surface area contributed by atoms with Gasteiger partial charge in [0.05, 0.1) is 11.7 Å². The van der Waals surface area contributed by atoms with Gasteiger partial charge in [0.25, 0.3) is 0 Å². The second kappa shape index (κ2) is 6.57. The second-order valence-corrected chi connectivity index (χ2v) is 4.70. The smallest absolute Gasteiger partial charge is 0.431 e. The zero-order valence-electron chi connectivity index (χ0n) is 11.2. The van der Waals surface area contributed by atoms with Crippen LogP contribution in [0, 0.1) is 0 Å². The van der Waals surface area contributed by atoms with E-state index in [-0.39, 0.29) is 18.8 Å². The lowest BCUT2D eigenvalue weighted by molar-refractivity contribution is -0.137. The van der Waals surface area contributed by atoms with Crippen molar-refractivity contribution in [2.75, 3.05) is 6.61 Å². The molecule has 1 aliphatic rings. The maximum atomic E-state index is 12.5. The molecule has 0 aromatic heterocycles. The molecule has 9 heteroatoms. The molecular formula is C13H12BF3O5. The zero-order chi connectivity index (χ0) is 16.3. The van der Waals surface area contributed by atoms with Crippen LogP contribution >= 0.6 is 0 Å². The van der Waals surface area contributed by atoms with Gasteiger partial charge in [0.15, 0.2) is 0 Å². The van der Waals surface area contributed by atoms with Gasteiger partial charge in [-0.3, -0.25) is 0 Å². The summed E-state index contributed by atoms with van der Waals surface area (Å²) in [5, 5.41) is 9.53. The topological polar surface area (TPSA) is 65.0 Å². The average molecular weight is 316 g/mol. The number of carbonyl (C=O) groups excluding carboxylic acids is 1. The number of alkyl halides is 3. The van der Waals surface area contributed by atoms with Crippen LogP contribution in [-0.4, -0.2) is 43.9 Å². The standard InChI is InChI=1S/C13H12BF3O5/c14-11-5-9(18)10(22-11)6-20-12(19)21-8-3-1-2-7(4-8)13(15,16)17/h1-4,9-11,18H,5-6H2/t9?,10-,11-/m1/s1. The van der Waals surface area contributed by atoms with E-state index in [1.54, 1.807) is 0 Å². The van der Waals surface area contributed by atoms with Crippen LogP contribution in [0.3, 0.4) is 0 Å². The molecule has 0 amide bonds. The van der Waals surface area contributed by atoms with E-state index in [1.165, 1.54) is 6.07 Å². The first-order chi connectivity index (χ1) is 10.3. The van der Waals surface area contributed by atoms with Crippen molar-refractivity contribution in [3.63, 3.8) is 0 Å². The molecule has 2 radical (unpaired) electrons. The van der Waals surface area contributed by atoms with Crippen LogP contribution in [0.15, 0.2) is 24.3 Å². The average Bonchev–Trinajstić information content (AvgIpc) is 2.74. The molecule has 1 aliphatic heterocycles. The van der Waals surface area contributed by atoms with Crippen LogP contribution in [-0.2, 0) is 15.7 Å². The molecule has 1 N–H and O–H groups in total. The minimum absolute atomic E-state index is 0.205. The van der Waals surface area contributed by atoms with Crippen LogP contribution < -0.4 is 4.74 Å². The molecule has 0 spiro atoms. The van der Waals surface area contributed by atoms with Crippen LogP contribution in [0.5, 0.6) is 5.75 Å². The summed E-state index contributed by atoms with van der Waals surface area (Å²) < 4.78 is 51.9. The van der Waals surface area contributed by atoms with Crippen molar-refractivity contribution in [2.45, 2.75) is 30.8 Å². The highest BCUT2D eigenvalue weighted by Gasteiger charge is 2.33. The summed E-state index contributed by atoms with van der Waals surface area (Å²) in [5.74, 6) is -0.301. The Balaban J connectivity index is 1.87. The van der Waals surface area contributed by atoms with E-state index < -0.39 is 36.1 Å². The zero-order valence-corrected chi connectivity index (χ0v) is 11.2. The number of aliphatic hydroxyl groups excluding tert-OH is 1. The Kier molecular flexibility index (Phi) is 4.97. The van der Waals surface area contributed by atoms with Gasteiger partial charge in [0.2, 0.25) is 0 Å². The Bertz CT molecular complexity index is 537. The maximum absolute atomic E-state index is 12.5. The summed E-state index contributed by atoms with van der Waals surface area (Å²) in [4.78, 5) is 11.4. The van der Waals surface area contributed by atoms with Gasteiger partial charge in [0.1, 0.15) is 26.3 Å². The molecule has 5 nitrogen and oxygen atoms in total. The molecular weight excluding hydrogens is 304 g/mol. The van der Waals surface area contributed by atoms with E-state index >= 15 is 0 Å². The van der Waals surface area contributed by atoms with Gasteiger partial charge < -0.3 is 19.3 Å². The van der Waals surface area contributed by atoms with Crippen molar-refractivity contribution in [1.29, 1.82) is 0 Å². The number of rotatable bonds is 3. The Morgan fingerprint density at radius 3 is 2.77 bits per heavy atom. The van der Waals surface area contributed by atoms with Crippen molar-refractivity contribution in [2.24, 2.45) is 0 Å². The van der Waals surface area contributed by atoms with Gasteiger partial charge in [0, 0.05) is 6.00 Å². The molecule has 1 fully saturated rings. The van der Waals surface area contributed by atoms with E-state index in [4.69, 9.17) is 17.3 Å². The van der Waals surface area contributed by atoms with Crippen molar-refractivity contribution in [1.82, 2.24) is 0 Å². The molecule has 1 aromatic carbocycles. The first-order valence-corrected chi connectivity index (χ1v) is 6.36. The number of hydrogen-bond acceptors (Lipinski definition) is 5. The summed E-state index contributed by atoms with van der Waals surface area (Å²) >= 11 is 0. The molecule has 0 aliphatic carbocycles. The van der Waals surface area contributed by atoms with Crippen molar-refractivity contribution < 1.29 is 37.3 Å². The predicted octanol–water partition coefficient (Wildman–Crippen LogP) is 1.87. The second-order valence-electron chi connectivity index (χ2n) is 4.70. The highest BCUT2D eigenvalue weighted by atomic mass is 19.4. The predicted molar refractivity (Wildman–Crippen MR) is 68.5 cm³/mol. The largest absolute Gasteiger partial charge is 0.513 e. The number of ether oxygens (including phenoxy) is 3. The van der Waals surface area contributed by atoms with E-state index in [1.807, 2.05) is 0 Å². The quantitative estimate of drug-likeness (QED) is 0.524. The van der Waals surface area contributed by atoms with Gasteiger partial charge in [-0.15, -0.1) is 0 Å². The third-order valence-electron chi connectivity index (χ3n) is 2.98. The molecule has 1 aromatic rings. The highest BCUT2D eigenvalue weighted by Crippen LogP contribution is 2.31. The molecule has 118 valence electrons. The Labute approximate surface area is 125 Å². The fraction of sp³-hybridized carbons (Fsp3) is 0.462. The third kappa shape index (κ3) is 4.38. The van der Waals surface area contributed by atoms with Gasteiger partial charge in [-0.05, 0) is 24.6 Å². The van der Waals surface area contributed by atoms with Crippen LogP contribution in [0.2, 0.25) is 0 Å². The molecule has 1 heterocycles. The minimum atomic E-state index is -4.54. The number of benzene rings is 1. The summed E-state index contributed by atoms with van der Waals surface area (Å²) in [5.41, 5.74) is -0.946. The molecule has 1 saturated heterocycles. The molecule has 0 bridgehead atoms. The summed E-state index contributed by atoms with van der Waals surface area (Å²) in [7, 11) is 5.44. The van der Waals surface area contributed by atoms with Crippen molar-refractivity contribution in [3.8, 4) is 5.75 Å². The lowest BCUT2D eigenvalue weighted by atomic mass is 9.96. The monoisotopic (exact) mass is 316 g/mol. The molecule has 0 saturated carbocycles. The van der Waals surface area contributed by atoms with Crippen LogP contribution in [0.25, 0.3) is 0 Å². The summed E-state index contributed by atoms with van der Waals surface area (Å²) in [6, 6.07) is 3.17. The Hall–Kier alpha value is -1.74. The third-order valence-corrected chi connectivity index (χ3v) is 2.98. The van der Waals surface area contributed by atoms with Gasteiger partial charge in [-0.2, -0.15) is 13.2 Å². The van der Waals surface area contributed by atoms with Gasteiger partial charge in [-0.1, -0.05) is 6.07 Å². The van der Waals surface area contributed by atoms with Crippen molar-refractivity contribution in [3.05, 3.63) is 29.8 Å². The first-order valence-electron chi connectivity index (χ1n) is 6.36. The lowest BCUT2D eigenvalue weighted by Gasteiger charge is -2.14. The fourth-order valence-electron chi connectivity index (χ4n) is 1.92. The normalized spacial score (nSPS) is 25.0. The fourth-order valence-corrected chi connectivity index (χ4v) is 1.92. The Morgan fingerprint density at radius 2 is 2.18 bits per heavy atom. The SMILES string of the molecule is [B][C@H]1CC(O)[C@@H](COC(=O)Oc2cccc(C(F)(F)F)c2)O1. The number of carbonyl (C=O) groups is 1. The van der Waals surface area contributed by atoms with Crippen LogP contribution in [0.1, 0.15) is 12.0 Å². The molecule has 1 unspecified atom stereocenters. The summed E-state index contributed by atoms with van der Waals surface area (Å²) in [6.07, 6.45) is -7.20. The highest BCUT2D eigenvalue weighted by molar-refractivity contribution is 6.11. The minimum Gasteiger partial charge on any atom is -0.431 e. The van der Waals surface area contributed by atoms with E-state index in [9.17, 15) is 23.1 Å². The molecule has 2 rings (SSSR count). The van der Waals surface area contributed by atoms with Crippen molar-refractivity contribution >= 4 is 14.0 Å². The maximum Gasteiger partial charge on any atom is 0.513 e. The number of hydrogen-bond donors (Lipinski definition) is 1. The Morgan fingerprint density at radius 1 is 1.45 bits per heavy atom. The summed E-state index contributed by atoms with van der Waals surface area (Å²) in [6.45, 7) is -0.313. The molecule has 22 heavy (non-hydrogen) atoms. The van der Waals surface area contributed by atoms with E-state index in [0.717, 1.165) is 12.1 Å². The molecule has 3 atom stereocenters. The number of aliphatic hydroxyl groups is 1. The lowest BCUT2D eigenvalue weighted by Crippen LogP contribution is -2.28. The van der Waals surface area contributed by atoms with Crippen LogP contribution in [0.4, 0.5) is 18.0 Å². The van der Waals surface area contributed by atoms with E-state index in [2.05, 4.69) is 4.74 Å².